The van der Waals surface area contributed by atoms with Crippen LogP contribution in [0.2, 0.25) is 0 Å². The Morgan fingerprint density at radius 1 is 1.28 bits per heavy atom. The topological polar surface area (TPSA) is 54.5 Å². The minimum absolute atomic E-state index is 0.0679. The van der Waals surface area contributed by atoms with E-state index in [1.807, 2.05) is 24.3 Å². The summed E-state index contributed by atoms with van der Waals surface area (Å²) in [5.74, 6) is 1.59. The zero-order valence-corrected chi connectivity index (χ0v) is 14.9. The van der Waals surface area contributed by atoms with Gasteiger partial charge in [0.15, 0.2) is 0 Å². The van der Waals surface area contributed by atoms with Gasteiger partial charge in [-0.1, -0.05) is 17.7 Å². The highest BCUT2D eigenvalue weighted by Gasteiger charge is 2.20. The quantitative estimate of drug-likeness (QED) is 0.879. The number of methoxy groups -OCH3 is 1. The molecule has 2 heterocycles. The molecule has 0 unspecified atom stereocenters. The summed E-state index contributed by atoms with van der Waals surface area (Å²) in [6, 6.07) is 9.77. The second-order valence-corrected chi connectivity index (χ2v) is 6.39. The number of carbonyl (C=O) groups excluding carboxylic acids is 1. The van der Waals surface area contributed by atoms with Crippen LogP contribution in [0.5, 0.6) is 5.75 Å². The van der Waals surface area contributed by atoms with Crippen LogP contribution in [0.4, 0.5) is 5.82 Å². The van der Waals surface area contributed by atoms with Crippen LogP contribution in [-0.2, 0) is 6.42 Å². The standard InChI is InChI=1S/C20H25N3O2/c1-15-7-8-18(25-2)16(14-15)9-11-22-20(24)17-6-5-10-21-19(17)23-12-3-4-13-23/h5-8,10,14H,3-4,9,11-13H2,1-2H3,(H,22,24). The number of benzene rings is 1. The zero-order chi connectivity index (χ0) is 17.6. The third-order valence-electron chi connectivity index (χ3n) is 4.55. The van der Waals surface area contributed by atoms with Gasteiger partial charge in [0.2, 0.25) is 0 Å². The van der Waals surface area contributed by atoms with Crippen LogP contribution in [0.15, 0.2) is 36.5 Å². The van der Waals surface area contributed by atoms with Crippen LogP contribution in [0, 0.1) is 6.92 Å². The van der Waals surface area contributed by atoms with Gasteiger partial charge in [0.25, 0.3) is 5.91 Å². The number of ether oxygens (including phenoxy) is 1. The SMILES string of the molecule is COc1ccc(C)cc1CCNC(=O)c1cccnc1N1CCCC1. The summed E-state index contributed by atoms with van der Waals surface area (Å²) in [6.45, 7) is 4.56. The van der Waals surface area contributed by atoms with Crippen molar-refractivity contribution in [2.24, 2.45) is 0 Å². The molecule has 2 aromatic rings. The molecule has 1 fully saturated rings. The Bertz CT molecular complexity index is 739. The molecule has 132 valence electrons. The van der Waals surface area contributed by atoms with E-state index in [0.29, 0.717) is 12.1 Å². The first-order chi connectivity index (χ1) is 12.2. The number of aryl methyl sites for hydroxylation is 1. The lowest BCUT2D eigenvalue weighted by Crippen LogP contribution is -2.29. The molecule has 1 aliphatic heterocycles. The van der Waals surface area contributed by atoms with Crippen LogP contribution >= 0.6 is 0 Å². The van der Waals surface area contributed by atoms with Crippen molar-refractivity contribution in [2.75, 3.05) is 31.6 Å². The Balaban J connectivity index is 1.65. The second kappa shape index (κ2) is 8.01. The van der Waals surface area contributed by atoms with Crippen LogP contribution in [0.1, 0.15) is 34.3 Å². The summed E-state index contributed by atoms with van der Waals surface area (Å²) >= 11 is 0. The number of anilines is 1. The van der Waals surface area contributed by atoms with E-state index >= 15 is 0 Å². The molecule has 1 aromatic carbocycles. The molecule has 0 atom stereocenters. The molecule has 25 heavy (non-hydrogen) atoms. The van der Waals surface area contributed by atoms with Gasteiger partial charge >= 0.3 is 0 Å². The Hall–Kier alpha value is -2.56. The van der Waals surface area contributed by atoms with Gasteiger partial charge in [0.1, 0.15) is 11.6 Å². The lowest BCUT2D eigenvalue weighted by atomic mass is 10.1. The first-order valence-electron chi connectivity index (χ1n) is 8.80. The molecule has 0 saturated carbocycles. The molecule has 0 bridgehead atoms. The van der Waals surface area contributed by atoms with Crippen molar-refractivity contribution in [2.45, 2.75) is 26.2 Å². The predicted molar refractivity (Wildman–Crippen MR) is 99.5 cm³/mol. The number of pyridine rings is 1. The van der Waals surface area contributed by atoms with Crippen LogP contribution < -0.4 is 15.0 Å². The number of carbonyl (C=O) groups is 1. The second-order valence-electron chi connectivity index (χ2n) is 6.39. The molecule has 0 radical (unpaired) electrons. The highest BCUT2D eigenvalue weighted by Crippen LogP contribution is 2.22. The lowest BCUT2D eigenvalue weighted by Gasteiger charge is -2.19. The number of hydrogen-bond acceptors (Lipinski definition) is 4. The average Bonchev–Trinajstić information content (AvgIpc) is 3.16. The fraction of sp³-hybridized carbons (Fsp3) is 0.400. The summed E-state index contributed by atoms with van der Waals surface area (Å²) < 4.78 is 5.40. The number of nitrogens with zero attached hydrogens (tertiary/aromatic N) is 2. The minimum Gasteiger partial charge on any atom is -0.496 e. The van der Waals surface area contributed by atoms with Crippen molar-refractivity contribution in [1.82, 2.24) is 10.3 Å². The Morgan fingerprint density at radius 3 is 2.84 bits per heavy atom. The van der Waals surface area contributed by atoms with Crippen molar-refractivity contribution in [3.8, 4) is 5.75 Å². The Labute approximate surface area is 149 Å². The van der Waals surface area contributed by atoms with E-state index in [1.54, 1.807) is 13.3 Å². The molecule has 1 N–H and O–H groups in total. The van der Waals surface area contributed by atoms with E-state index in [1.165, 1.54) is 5.56 Å². The van der Waals surface area contributed by atoms with Gasteiger partial charge in [-0.3, -0.25) is 4.79 Å². The largest absolute Gasteiger partial charge is 0.496 e. The van der Waals surface area contributed by atoms with Gasteiger partial charge < -0.3 is 15.0 Å². The first kappa shape index (κ1) is 17.3. The number of nitrogens with one attached hydrogen (secondary N) is 1. The van der Waals surface area contributed by atoms with E-state index in [4.69, 9.17) is 4.74 Å². The van der Waals surface area contributed by atoms with Gasteiger partial charge in [-0.25, -0.2) is 4.98 Å². The number of hydrogen-bond donors (Lipinski definition) is 1. The Kier molecular flexibility index (Phi) is 5.53. The number of aromatic nitrogens is 1. The van der Waals surface area contributed by atoms with E-state index in [9.17, 15) is 4.79 Å². The molecular formula is C20H25N3O2. The number of rotatable bonds is 6. The summed E-state index contributed by atoms with van der Waals surface area (Å²) in [5, 5.41) is 3.02. The van der Waals surface area contributed by atoms with Gasteiger partial charge in [-0.2, -0.15) is 0 Å². The van der Waals surface area contributed by atoms with Crippen molar-refractivity contribution < 1.29 is 9.53 Å². The van der Waals surface area contributed by atoms with Crippen molar-refractivity contribution in [1.29, 1.82) is 0 Å². The molecule has 0 spiro atoms. The van der Waals surface area contributed by atoms with Crippen molar-refractivity contribution in [3.63, 3.8) is 0 Å². The smallest absolute Gasteiger partial charge is 0.255 e. The van der Waals surface area contributed by atoms with E-state index in [2.05, 4.69) is 28.2 Å². The fourth-order valence-corrected chi connectivity index (χ4v) is 3.26. The first-order valence-corrected chi connectivity index (χ1v) is 8.80. The summed E-state index contributed by atoms with van der Waals surface area (Å²) in [6.07, 6.45) is 4.80. The molecule has 1 amide bonds. The van der Waals surface area contributed by atoms with E-state index in [-0.39, 0.29) is 5.91 Å². The van der Waals surface area contributed by atoms with Gasteiger partial charge in [-0.05, 0) is 49.9 Å². The summed E-state index contributed by atoms with van der Waals surface area (Å²) in [5.41, 5.74) is 2.94. The third kappa shape index (κ3) is 4.10. The monoisotopic (exact) mass is 339 g/mol. The molecule has 1 saturated heterocycles. The highest BCUT2D eigenvalue weighted by atomic mass is 16.5. The zero-order valence-electron chi connectivity index (χ0n) is 14.9. The van der Waals surface area contributed by atoms with Crippen LogP contribution in [-0.4, -0.2) is 37.6 Å². The molecule has 1 aliphatic rings. The normalized spacial score (nSPS) is 13.8. The summed E-state index contributed by atoms with van der Waals surface area (Å²) in [7, 11) is 1.67. The average molecular weight is 339 g/mol. The van der Waals surface area contributed by atoms with Crippen molar-refractivity contribution in [3.05, 3.63) is 53.2 Å². The fourth-order valence-electron chi connectivity index (χ4n) is 3.26. The molecule has 1 aromatic heterocycles. The third-order valence-corrected chi connectivity index (χ3v) is 4.55. The molecular weight excluding hydrogens is 314 g/mol. The lowest BCUT2D eigenvalue weighted by molar-refractivity contribution is 0.0954. The van der Waals surface area contributed by atoms with Crippen LogP contribution in [0.3, 0.4) is 0 Å². The maximum Gasteiger partial charge on any atom is 0.255 e. The van der Waals surface area contributed by atoms with Gasteiger partial charge in [-0.15, -0.1) is 0 Å². The predicted octanol–water partition coefficient (Wildman–Crippen LogP) is 2.97. The van der Waals surface area contributed by atoms with E-state index < -0.39 is 0 Å². The van der Waals surface area contributed by atoms with Crippen LogP contribution in [0.25, 0.3) is 0 Å². The Morgan fingerprint density at radius 2 is 2.08 bits per heavy atom. The summed E-state index contributed by atoms with van der Waals surface area (Å²) in [4.78, 5) is 19.2. The highest BCUT2D eigenvalue weighted by molar-refractivity contribution is 5.98. The maximum absolute atomic E-state index is 12.6. The van der Waals surface area contributed by atoms with E-state index in [0.717, 1.165) is 49.5 Å². The van der Waals surface area contributed by atoms with Crippen molar-refractivity contribution >= 4 is 11.7 Å². The van der Waals surface area contributed by atoms with Gasteiger partial charge in [0, 0.05) is 25.8 Å². The maximum atomic E-state index is 12.6. The minimum atomic E-state index is -0.0679. The van der Waals surface area contributed by atoms with Gasteiger partial charge in [0.05, 0.1) is 12.7 Å². The molecule has 5 heteroatoms. The number of amides is 1. The molecule has 0 aliphatic carbocycles. The molecule has 3 rings (SSSR count). The molecule has 5 nitrogen and oxygen atoms in total.